The maximum atomic E-state index is 13.2. The topological polar surface area (TPSA) is 69.2 Å². The molecule has 2 aromatic carbocycles. The van der Waals surface area contributed by atoms with Gasteiger partial charge in [0.1, 0.15) is 0 Å². The van der Waals surface area contributed by atoms with Crippen LogP contribution < -0.4 is 15.6 Å². The van der Waals surface area contributed by atoms with Gasteiger partial charge in [-0.1, -0.05) is 42.5 Å². The van der Waals surface area contributed by atoms with Crippen molar-refractivity contribution >= 4 is 17.6 Å². The number of carbonyl (C=O) groups is 1. The van der Waals surface area contributed by atoms with E-state index in [0.717, 1.165) is 24.3 Å². The van der Waals surface area contributed by atoms with Crippen molar-refractivity contribution in [3.8, 4) is 0 Å². The minimum atomic E-state index is -4.66. The molecule has 2 aliphatic heterocycles. The van der Waals surface area contributed by atoms with E-state index in [1.165, 1.54) is 6.92 Å². The van der Waals surface area contributed by atoms with E-state index in [9.17, 15) is 18.0 Å². The Bertz CT molecular complexity index is 975. The fourth-order valence-electron chi connectivity index (χ4n) is 3.66. The molecule has 1 fully saturated rings. The van der Waals surface area contributed by atoms with Gasteiger partial charge in [-0.15, -0.1) is 5.10 Å². The summed E-state index contributed by atoms with van der Waals surface area (Å²) in [6.07, 6.45) is -4.66. The van der Waals surface area contributed by atoms with Gasteiger partial charge in [0.05, 0.1) is 6.54 Å². The number of hydrazone groups is 1. The maximum Gasteiger partial charge on any atom is 0.470 e. The van der Waals surface area contributed by atoms with Gasteiger partial charge in [0.2, 0.25) is 5.72 Å². The Kier molecular flexibility index (Phi) is 5.96. The number of nitrogens with one attached hydrogen (secondary N) is 2. The summed E-state index contributed by atoms with van der Waals surface area (Å²) in [5.41, 5.74) is 3.10. The van der Waals surface area contributed by atoms with Crippen molar-refractivity contribution in [1.82, 2.24) is 15.6 Å². The second-order valence-corrected chi connectivity index (χ2v) is 7.80. The minimum Gasteiger partial charge on any atom is -0.441 e. The number of halogens is 3. The first-order valence-corrected chi connectivity index (χ1v) is 10.3. The SMILES string of the molecule is CC1(c2ccc(CN(C(=O)N3CCNCC3)c3ccccc3)cc2)NN=C(C(F)(F)F)O1. The molecule has 7 nitrogen and oxygen atoms in total. The standard InChI is InChI=1S/C22H24F3N5O2/c1-21(28-27-19(32-21)22(23,24)25)17-9-7-16(8-10-17)15-30(18-5-3-2-4-6-18)20(31)29-13-11-26-12-14-29/h2-10,26,28H,11-15H2,1H3. The molecule has 0 bridgehead atoms. The van der Waals surface area contributed by atoms with E-state index in [-0.39, 0.29) is 6.03 Å². The first kappa shape index (κ1) is 21.9. The zero-order chi connectivity index (χ0) is 22.8. The van der Waals surface area contributed by atoms with Crippen molar-refractivity contribution in [2.24, 2.45) is 5.10 Å². The highest BCUT2D eigenvalue weighted by atomic mass is 19.4. The van der Waals surface area contributed by atoms with Crippen LogP contribution in [0.1, 0.15) is 18.1 Å². The Labute approximate surface area is 183 Å². The molecule has 0 spiro atoms. The molecule has 0 saturated carbocycles. The Balaban J connectivity index is 1.51. The average Bonchev–Trinajstić information content (AvgIpc) is 3.22. The van der Waals surface area contributed by atoms with Gasteiger partial charge in [0.15, 0.2) is 0 Å². The number of urea groups is 1. The third-order valence-corrected chi connectivity index (χ3v) is 5.45. The van der Waals surface area contributed by atoms with Crippen molar-refractivity contribution in [3.63, 3.8) is 0 Å². The summed E-state index contributed by atoms with van der Waals surface area (Å²) in [6, 6.07) is 16.2. The number of amides is 2. The van der Waals surface area contributed by atoms with Crippen LogP contribution in [0.3, 0.4) is 0 Å². The summed E-state index contributed by atoms with van der Waals surface area (Å²) in [7, 11) is 0. The molecule has 1 unspecified atom stereocenters. The quantitative estimate of drug-likeness (QED) is 0.754. The maximum absolute atomic E-state index is 13.2. The molecular formula is C22H24F3N5O2. The van der Waals surface area contributed by atoms with Crippen LogP contribution >= 0.6 is 0 Å². The lowest BCUT2D eigenvalue weighted by atomic mass is 10.0. The molecule has 2 aromatic rings. The smallest absolute Gasteiger partial charge is 0.441 e. The average molecular weight is 447 g/mol. The van der Waals surface area contributed by atoms with Gasteiger partial charge < -0.3 is 15.0 Å². The van der Waals surface area contributed by atoms with E-state index in [0.29, 0.717) is 25.2 Å². The summed E-state index contributed by atoms with van der Waals surface area (Å²) in [5.74, 6) is -1.30. The Hall–Kier alpha value is -3.27. The fourth-order valence-corrected chi connectivity index (χ4v) is 3.66. The number of piperazine rings is 1. The number of anilines is 1. The number of carbonyl (C=O) groups excluding carboxylic acids is 1. The minimum absolute atomic E-state index is 0.0854. The van der Waals surface area contributed by atoms with Crippen LogP contribution in [-0.4, -0.2) is 49.2 Å². The lowest BCUT2D eigenvalue weighted by Gasteiger charge is -2.33. The number of benzene rings is 2. The number of hydrogen-bond acceptors (Lipinski definition) is 5. The van der Waals surface area contributed by atoms with Crippen molar-refractivity contribution in [1.29, 1.82) is 0 Å². The predicted molar refractivity (Wildman–Crippen MR) is 114 cm³/mol. The van der Waals surface area contributed by atoms with E-state index in [2.05, 4.69) is 15.8 Å². The predicted octanol–water partition coefficient (Wildman–Crippen LogP) is 3.39. The van der Waals surface area contributed by atoms with E-state index in [1.807, 2.05) is 35.2 Å². The summed E-state index contributed by atoms with van der Waals surface area (Å²) >= 11 is 0. The molecule has 0 radical (unpaired) electrons. The fraction of sp³-hybridized carbons (Fsp3) is 0.364. The molecular weight excluding hydrogens is 423 g/mol. The number of para-hydroxylation sites is 1. The van der Waals surface area contributed by atoms with Crippen LogP contribution in [0, 0.1) is 0 Å². The summed E-state index contributed by atoms with van der Waals surface area (Å²) in [6.45, 7) is 4.55. The third-order valence-electron chi connectivity index (χ3n) is 5.45. The summed E-state index contributed by atoms with van der Waals surface area (Å²) in [5, 5.41) is 6.51. The van der Waals surface area contributed by atoms with Crippen LogP contribution in [0.25, 0.3) is 0 Å². The Morgan fingerprint density at radius 2 is 1.78 bits per heavy atom. The zero-order valence-corrected chi connectivity index (χ0v) is 17.5. The first-order chi connectivity index (χ1) is 15.3. The van der Waals surface area contributed by atoms with Crippen molar-refractivity contribution < 1.29 is 22.7 Å². The van der Waals surface area contributed by atoms with Crippen LogP contribution in [0.15, 0.2) is 59.7 Å². The molecule has 2 aliphatic rings. The molecule has 2 heterocycles. The van der Waals surface area contributed by atoms with Gasteiger partial charge in [-0.2, -0.15) is 13.2 Å². The molecule has 4 rings (SSSR count). The van der Waals surface area contributed by atoms with Gasteiger partial charge in [-0.3, -0.25) is 10.3 Å². The highest BCUT2D eigenvalue weighted by molar-refractivity contribution is 5.92. The highest BCUT2D eigenvalue weighted by Gasteiger charge is 2.47. The number of alkyl halides is 3. The highest BCUT2D eigenvalue weighted by Crippen LogP contribution is 2.32. The summed E-state index contributed by atoms with van der Waals surface area (Å²) in [4.78, 5) is 16.7. The van der Waals surface area contributed by atoms with E-state index in [1.54, 1.807) is 29.2 Å². The number of hydrogen-bond donors (Lipinski definition) is 2. The lowest BCUT2D eigenvalue weighted by molar-refractivity contribution is -0.0888. The van der Waals surface area contributed by atoms with Gasteiger partial charge >= 0.3 is 18.1 Å². The molecule has 1 atom stereocenters. The molecule has 2 amide bonds. The Morgan fingerprint density at radius 3 is 2.38 bits per heavy atom. The molecule has 10 heteroatoms. The van der Waals surface area contributed by atoms with E-state index in [4.69, 9.17) is 4.74 Å². The normalized spacial score (nSPS) is 20.9. The lowest BCUT2D eigenvalue weighted by Crippen LogP contribution is -2.51. The van der Waals surface area contributed by atoms with Gasteiger partial charge in [-0.05, 0) is 17.7 Å². The number of ether oxygens (including phenoxy) is 1. The van der Waals surface area contributed by atoms with Crippen molar-refractivity contribution in [2.45, 2.75) is 25.4 Å². The monoisotopic (exact) mass is 447 g/mol. The largest absolute Gasteiger partial charge is 0.470 e. The third kappa shape index (κ3) is 4.64. The molecule has 170 valence electrons. The van der Waals surface area contributed by atoms with E-state index >= 15 is 0 Å². The van der Waals surface area contributed by atoms with Crippen LogP contribution in [-0.2, 0) is 17.0 Å². The zero-order valence-electron chi connectivity index (χ0n) is 17.5. The number of rotatable bonds is 4. The molecule has 2 N–H and O–H groups in total. The van der Waals surface area contributed by atoms with E-state index < -0.39 is 17.8 Å². The Morgan fingerprint density at radius 1 is 1.12 bits per heavy atom. The number of nitrogens with zero attached hydrogens (tertiary/aromatic N) is 3. The van der Waals surface area contributed by atoms with Gasteiger partial charge in [0, 0.05) is 44.4 Å². The van der Waals surface area contributed by atoms with Crippen molar-refractivity contribution in [2.75, 3.05) is 31.1 Å². The molecule has 0 aromatic heterocycles. The molecule has 32 heavy (non-hydrogen) atoms. The van der Waals surface area contributed by atoms with Crippen LogP contribution in [0.4, 0.5) is 23.7 Å². The molecule has 0 aliphatic carbocycles. The van der Waals surface area contributed by atoms with Crippen LogP contribution in [0.2, 0.25) is 0 Å². The van der Waals surface area contributed by atoms with Crippen LogP contribution in [0.5, 0.6) is 0 Å². The van der Waals surface area contributed by atoms with Gasteiger partial charge in [0.25, 0.3) is 0 Å². The summed E-state index contributed by atoms with van der Waals surface area (Å²) < 4.78 is 43.7. The van der Waals surface area contributed by atoms with Gasteiger partial charge in [-0.25, -0.2) is 4.79 Å². The second kappa shape index (κ2) is 8.70. The first-order valence-electron chi connectivity index (χ1n) is 10.3. The molecule has 1 saturated heterocycles. The van der Waals surface area contributed by atoms with Crippen molar-refractivity contribution in [3.05, 3.63) is 65.7 Å². The second-order valence-electron chi connectivity index (χ2n) is 7.80.